The molecule has 27 heavy (non-hydrogen) atoms. The second kappa shape index (κ2) is 11.5. The van der Waals surface area contributed by atoms with E-state index < -0.39 is 9.84 Å². The summed E-state index contributed by atoms with van der Waals surface area (Å²) < 4.78 is 22.9. The highest BCUT2D eigenvalue weighted by Gasteiger charge is 2.06. The molecule has 0 aliphatic carbocycles. The van der Waals surface area contributed by atoms with E-state index in [0.29, 0.717) is 16.6 Å². The molecule has 0 fully saturated rings. The molecule has 2 N–H and O–H groups in total. The minimum absolute atomic E-state index is 0. The number of nitrogens with zero attached hydrogens (tertiary/aromatic N) is 2. The van der Waals surface area contributed by atoms with Gasteiger partial charge in [0.1, 0.15) is 5.15 Å². The molecule has 0 radical (unpaired) electrons. The first-order chi connectivity index (χ1) is 12.4. The summed E-state index contributed by atoms with van der Waals surface area (Å²) in [5.74, 6) is 0.722. The predicted molar refractivity (Wildman–Crippen MR) is 121 cm³/mol. The van der Waals surface area contributed by atoms with Crippen molar-refractivity contribution in [3.63, 3.8) is 0 Å². The van der Waals surface area contributed by atoms with Crippen LogP contribution < -0.4 is 10.6 Å². The molecule has 148 valence electrons. The van der Waals surface area contributed by atoms with Gasteiger partial charge in [-0.3, -0.25) is 4.99 Å². The van der Waals surface area contributed by atoms with E-state index in [-0.39, 0.29) is 24.0 Å². The molecule has 0 atom stereocenters. The summed E-state index contributed by atoms with van der Waals surface area (Å²) in [6.45, 7) is 1.42. The van der Waals surface area contributed by atoms with Gasteiger partial charge in [-0.15, -0.1) is 24.0 Å². The number of aromatic nitrogens is 1. The van der Waals surface area contributed by atoms with E-state index in [2.05, 4.69) is 20.6 Å². The molecule has 6 nitrogen and oxygen atoms in total. The third kappa shape index (κ3) is 8.44. The molecule has 1 aromatic carbocycles. The Hall–Kier alpha value is -1.39. The van der Waals surface area contributed by atoms with Crippen LogP contribution in [0.1, 0.15) is 11.1 Å². The van der Waals surface area contributed by atoms with Crippen LogP contribution in [0.15, 0.2) is 52.5 Å². The monoisotopic (exact) mass is 522 g/mol. The molecule has 0 saturated carbocycles. The van der Waals surface area contributed by atoms with Gasteiger partial charge < -0.3 is 10.6 Å². The molecule has 0 unspecified atom stereocenters. The van der Waals surface area contributed by atoms with Gasteiger partial charge in [0.05, 0.1) is 4.90 Å². The van der Waals surface area contributed by atoms with Crippen LogP contribution in [0.5, 0.6) is 0 Å². The first-order valence-electron chi connectivity index (χ1n) is 8.22. The first-order valence-corrected chi connectivity index (χ1v) is 10.5. The number of hydrogen-bond acceptors (Lipinski definition) is 4. The quantitative estimate of drug-likeness (QED) is 0.253. The summed E-state index contributed by atoms with van der Waals surface area (Å²) in [6.07, 6.45) is 4.56. The Morgan fingerprint density at radius 1 is 1.04 bits per heavy atom. The van der Waals surface area contributed by atoms with Crippen molar-refractivity contribution in [2.75, 3.05) is 26.4 Å². The fraction of sp³-hybridized carbons (Fsp3) is 0.333. The molecule has 0 aliphatic rings. The molecule has 9 heteroatoms. The lowest BCUT2D eigenvalue weighted by atomic mass is 10.1. The van der Waals surface area contributed by atoms with Gasteiger partial charge in [0, 0.05) is 32.6 Å². The van der Waals surface area contributed by atoms with Gasteiger partial charge >= 0.3 is 0 Å². The number of nitrogens with one attached hydrogen (secondary N) is 2. The molecule has 0 amide bonds. The van der Waals surface area contributed by atoms with Crippen molar-refractivity contribution < 1.29 is 8.42 Å². The average molecular weight is 523 g/mol. The smallest absolute Gasteiger partial charge is 0.190 e. The number of pyridine rings is 1. The number of sulfone groups is 1. The number of halogens is 2. The van der Waals surface area contributed by atoms with Crippen molar-refractivity contribution in [1.29, 1.82) is 0 Å². The van der Waals surface area contributed by atoms with Crippen LogP contribution in [0.25, 0.3) is 0 Å². The van der Waals surface area contributed by atoms with E-state index in [9.17, 15) is 8.42 Å². The molecule has 0 bridgehead atoms. The summed E-state index contributed by atoms with van der Waals surface area (Å²) in [5, 5.41) is 6.98. The second-order valence-electron chi connectivity index (χ2n) is 5.83. The van der Waals surface area contributed by atoms with Gasteiger partial charge in [-0.2, -0.15) is 0 Å². The lowest BCUT2D eigenvalue weighted by Gasteiger charge is -2.12. The molecule has 1 aromatic heterocycles. The fourth-order valence-electron chi connectivity index (χ4n) is 2.33. The third-order valence-electron chi connectivity index (χ3n) is 3.78. The van der Waals surface area contributed by atoms with Crippen molar-refractivity contribution in [2.24, 2.45) is 4.99 Å². The zero-order chi connectivity index (χ0) is 19.0. The van der Waals surface area contributed by atoms with Gasteiger partial charge in [-0.25, -0.2) is 13.4 Å². The van der Waals surface area contributed by atoms with Crippen LogP contribution in [-0.2, 0) is 22.7 Å². The summed E-state index contributed by atoms with van der Waals surface area (Å²) in [7, 11) is -1.43. The molecule has 2 aromatic rings. The maximum Gasteiger partial charge on any atom is 0.190 e. The van der Waals surface area contributed by atoms with Crippen LogP contribution in [0.3, 0.4) is 0 Å². The summed E-state index contributed by atoms with van der Waals surface area (Å²) in [5.41, 5.74) is 2.16. The summed E-state index contributed by atoms with van der Waals surface area (Å²) in [4.78, 5) is 8.58. The fourth-order valence-corrected chi connectivity index (χ4v) is 3.07. The topological polar surface area (TPSA) is 83.5 Å². The van der Waals surface area contributed by atoms with Gasteiger partial charge in [0.15, 0.2) is 15.8 Å². The van der Waals surface area contributed by atoms with E-state index in [1.54, 1.807) is 31.4 Å². The van der Waals surface area contributed by atoms with Crippen LogP contribution >= 0.6 is 35.6 Å². The SMILES string of the molecule is CN=C(NCCc1ccc(S(C)(=O)=O)cc1)NCCc1ccc(Cl)nc1.I. The Balaban J connectivity index is 0.00000364. The zero-order valence-corrected chi connectivity index (χ0v) is 19.2. The normalized spacial score (nSPS) is 11.6. The van der Waals surface area contributed by atoms with Crippen LogP contribution in [0.4, 0.5) is 0 Å². The standard InChI is InChI=1S/C18H23ClN4O2S.HI/c1-20-18(22-12-10-15-5-8-17(19)23-13-15)21-11-9-14-3-6-16(7-4-14)26(2,24)25;/h3-8,13H,9-12H2,1-2H3,(H2,20,21,22);1H. The number of benzene rings is 1. The van der Waals surface area contributed by atoms with Gasteiger partial charge in [-0.1, -0.05) is 29.8 Å². The lowest BCUT2D eigenvalue weighted by Crippen LogP contribution is -2.39. The molecular formula is C18H24ClIN4O2S. The minimum atomic E-state index is -3.15. The maximum absolute atomic E-state index is 11.5. The van der Waals surface area contributed by atoms with Crippen molar-refractivity contribution >= 4 is 51.4 Å². The molecule has 0 aliphatic heterocycles. The third-order valence-corrected chi connectivity index (χ3v) is 5.13. The first kappa shape index (κ1) is 23.6. The Kier molecular flexibility index (Phi) is 10.0. The van der Waals surface area contributed by atoms with E-state index in [1.807, 2.05) is 18.2 Å². The van der Waals surface area contributed by atoms with E-state index in [0.717, 1.165) is 36.5 Å². The van der Waals surface area contributed by atoms with Crippen molar-refractivity contribution in [3.05, 3.63) is 58.9 Å². The highest BCUT2D eigenvalue weighted by atomic mass is 127. The number of aliphatic imine (C=N–C) groups is 1. The molecule has 2 rings (SSSR count). The number of rotatable bonds is 7. The van der Waals surface area contributed by atoms with Crippen LogP contribution in [0.2, 0.25) is 5.15 Å². The highest BCUT2D eigenvalue weighted by Crippen LogP contribution is 2.10. The largest absolute Gasteiger partial charge is 0.356 e. The van der Waals surface area contributed by atoms with Crippen LogP contribution in [0, 0.1) is 0 Å². The lowest BCUT2D eigenvalue weighted by molar-refractivity contribution is 0.602. The Labute approximate surface area is 182 Å². The summed E-state index contributed by atoms with van der Waals surface area (Å²) in [6, 6.07) is 10.7. The zero-order valence-electron chi connectivity index (χ0n) is 15.3. The Bertz CT molecular complexity index is 841. The second-order valence-corrected chi connectivity index (χ2v) is 8.23. The predicted octanol–water partition coefficient (Wildman–Crippen LogP) is 2.71. The Morgan fingerprint density at radius 3 is 2.07 bits per heavy atom. The van der Waals surface area contributed by atoms with Crippen molar-refractivity contribution in [1.82, 2.24) is 15.6 Å². The van der Waals surface area contributed by atoms with E-state index in [4.69, 9.17) is 11.6 Å². The number of guanidine groups is 1. The van der Waals surface area contributed by atoms with Gasteiger partial charge in [-0.05, 0) is 42.2 Å². The van der Waals surface area contributed by atoms with Crippen LogP contribution in [-0.4, -0.2) is 45.8 Å². The molecule has 1 heterocycles. The van der Waals surface area contributed by atoms with E-state index in [1.165, 1.54) is 6.26 Å². The Morgan fingerprint density at radius 2 is 1.59 bits per heavy atom. The highest BCUT2D eigenvalue weighted by molar-refractivity contribution is 14.0. The molecule has 0 saturated heterocycles. The average Bonchev–Trinajstić information content (AvgIpc) is 2.61. The minimum Gasteiger partial charge on any atom is -0.356 e. The van der Waals surface area contributed by atoms with Gasteiger partial charge in [0.2, 0.25) is 0 Å². The van der Waals surface area contributed by atoms with Crippen molar-refractivity contribution in [3.8, 4) is 0 Å². The molecule has 0 spiro atoms. The van der Waals surface area contributed by atoms with Gasteiger partial charge in [0.25, 0.3) is 0 Å². The number of hydrogen-bond donors (Lipinski definition) is 2. The summed E-state index contributed by atoms with van der Waals surface area (Å²) >= 11 is 5.77. The maximum atomic E-state index is 11.5. The van der Waals surface area contributed by atoms with E-state index >= 15 is 0 Å². The van der Waals surface area contributed by atoms with Crippen molar-refractivity contribution in [2.45, 2.75) is 17.7 Å². The molecular weight excluding hydrogens is 499 g/mol.